The summed E-state index contributed by atoms with van der Waals surface area (Å²) >= 11 is -1.91. The highest BCUT2D eigenvalue weighted by molar-refractivity contribution is 7.79. The van der Waals surface area contributed by atoms with Gasteiger partial charge in [-0.1, -0.05) is 25.1 Å². The van der Waals surface area contributed by atoms with Gasteiger partial charge in [0.05, 0.1) is 10.6 Å². The van der Waals surface area contributed by atoms with Crippen molar-refractivity contribution in [2.45, 2.75) is 18.2 Å². The largest absolute Gasteiger partial charge is 0.302 e. The first-order valence-electron chi connectivity index (χ1n) is 5.12. The van der Waals surface area contributed by atoms with Gasteiger partial charge in [-0.2, -0.15) is 0 Å². The van der Waals surface area contributed by atoms with Crippen LogP contribution in [0.15, 0.2) is 40.2 Å². The molecule has 2 atom stereocenters. The first-order chi connectivity index (χ1) is 7.66. The molecule has 1 aromatic rings. The van der Waals surface area contributed by atoms with Crippen molar-refractivity contribution in [1.29, 1.82) is 0 Å². The fourth-order valence-electron chi connectivity index (χ4n) is 1.61. The van der Waals surface area contributed by atoms with Crippen LogP contribution in [0.4, 0.5) is 0 Å². The Bertz CT molecular complexity index is 462. The van der Waals surface area contributed by atoms with Gasteiger partial charge >= 0.3 is 0 Å². The molecule has 0 saturated heterocycles. The van der Waals surface area contributed by atoms with Crippen LogP contribution >= 0.6 is 0 Å². The number of hydrogen-bond donors (Lipinski definition) is 1. The normalized spacial score (nSPS) is 21.6. The summed E-state index contributed by atoms with van der Waals surface area (Å²) in [5.41, 5.74) is 1.92. The lowest BCUT2D eigenvalue weighted by Gasteiger charge is -2.11. The van der Waals surface area contributed by atoms with Crippen LogP contribution in [-0.4, -0.2) is 15.0 Å². The standard InChI is InChI=1S/C12H13NO2S/c1-9-6-7-13-12(8-9)10-2-4-11(5-3-10)16(14)15/h2-5,7-9H,6H2,1H3,(H,14,15). The molecule has 84 valence electrons. The average molecular weight is 235 g/mol. The lowest BCUT2D eigenvalue weighted by atomic mass is 10.0. The molecule has 1 heterocycles. The van der Waals surface area contributed by atoms with Gasteiger partial charge in [-0.15, -0.1) is 0 Å². The number of rotatable bonds is 2. The van der Waals surface area contributed by atoms with E-state index in [0.717, 1.165) is 17.7 Å². The Labute approximate surface area is 97.2 Å². The first kappa shape index (κ1) is 11.2. The Morgan fingerprint density at radius 1 is 1.38 bits per heavy atom. The van der Waals surface area contributed by atoms with Crippen molar-refractivity contribution in [2.24, 2.45) is 10.9 Å². The second-order valence-corrected chi connectivity index (χ2v) is 4.82. The maximum absolute atomic E-state index is 10.8. The lowest BCUT2D eigenvalue weighted by molar-refractivity contribution is 0.564. The van der Waals surface area contributed by atoms with Gasteiger partial charge in [0, 0.05) is 6.21 Å². The van der Waals surface area contributed by atoms with Gasteiger partial charge in [-0.3, -0.25) is 4.99 Å². The SMILES string of the molecule is CC1C=C(c2ccc(S(=O)O)cc2)N=CC1. The van der Waals surface area contributed by atoms with E-state index in [-0.39, 0.29) is 0 Å². The van der Waals surface area contributed by atoms with Gasteiger partial charge in [-0.25, -0.2) is 4.21 Å². The number of nitrogens with zero attached hydrogens (tertiary/aromatic N) is 1. The summed E-state index contributed by atoms with van der Waals surface area (Å²) in [7, 11) is 0. The highest BCUT2D eigenvalue weighted by atomic mass is 32.2. The van der Waals surface area contributed by atoms with E-state index in [0.29, 0.717) is 10.8 Å². The third kappa shape index (κ3) is 2.46. The number of aliphatic imine (C=N–C) groups is 1. The van der Waals surface area contributed by atoms with E-state index >= 15 is 0 Å². The molecule has 1 aliphatic heterocycles. The highest BCUT2D eigenvalue weighted by Crippen LogP contribution is 2.23. The molecule has 0 saturated carbocycles. The second kappa shape index (κ2) is 4.72. The van der Waals surface area contributed by atoms with E-state index in [2.05, 4.69) is 18.0 Å². The summed E-state index contributed by atoms with van der Waals surface area (Å²) in [6.45, 7) is 2.14. The van der Waals surface area contributed by atoms with Gasteiger partial charge < -0.3 is 4.55 Å². The molecule has 0 amide bonds. The van der Waals surface area contributed by atoms with E-state index in [1.165, 1.54) is 0 Å². The zero-order chi connectivity index (χ0) is 11.5. The molecule has 4 heteroatoms. The molecule has 1 N–H and O–H groups in total. The van der Waals surface area contributed by atoms with Crippen LogP contribution in [-0.2, 0) is 11.1 Å². The fraction of sp³-hybridized carbons (Fsp3) is 0.250. The van der Waals surface area contributed by atoms with Gasteiger partial charge in [0.2, 0.25) is 0 Å². The third-order valence-corrected chi connectivity index (χ3v) is 3.18. The van der Waals surface area contributed by atoms with E-state index in [4.69, 9.17) is 4.55 Å². The van der Waals surface area contributed by atoms with Crippen molar-refractivity contribution in [2.75, 3.05) is 0 Å². The Morgan fingerprint density at radius 2 is 2.06 bits per heavy atom. The lowest BCUT2D eigenvalue weighted by Crippen LogP contribution is -1.98. The maximum atomic E-state index is 10.8. The smallest absolute Gasteiger partial charge is 0.186 e. The monoisotopic (exact) mass is 235 g/mol. The van der Waals surface area contributed by atoms with Crippen molar-refractivity contribution in [1.82, 2.24) is 0 Å². The average Bonchev–Trinajstić information content (AvgIpc) is 2.29. The third-order valence-electron chi connectivity index (χ3n) is 2.50. The zero-order valence-corrected chi connectivity index (χ0v) is 9.78. The van der Waals surface area contributed by atoms with Crippen molar-refractivity contribution in [3.63, 3.8) is 0 Å². The van der Waals surface area contributed by atoms with E-state index in [1.807, 2.05) is 18.3 Å². The van der Waals surface area contributed by atoms with E-state index < -0.39 is 11.1 Å². The molecule has 1 aliphatic rings. The quantitative estimate of drug-likeness (QED) is 0.801. The number of allylic oxidation sites excluding steroid dienone is 1. The van der Waals surface area contributed by atoms with Crippen LogP contribution < -0.4 is 0 Å². The molecular formula is C12H13NO2S. The Balaban J connectivity index is 2.28. The molecule has 0 spiro atoms. The molecule has 0 aromatic heterocycles. The van der Waals surface area contributed by atoms with Crippen molar-refractivity contribution < 1.29 is 8.76 Å². The van der Waals surface area contributed by atoms with Crippen molar-refractivity contribution in [3.05, 3.63) is 35.9 Å². The van der Waals surface area contributed by atoms with E-state index in [1.54, 1.807) is 12.1 Å². The molecule has 2 unspecified atom stereocenters. The minimum atomic E-state index is -1.91. The van der Waals surface area contributed by atoms with Crippen molar-refractivity contribution >= 4 is 23.0 Å². The Kier molecular flexibility index (Phi) is 3.31. The van der Waals surface area contributed by atoms with Crippen LogP contribution in [0, 0.1) is 5.92 Å². The van der Waals surface area contributed by atoms with Gasteiger partial charge in [0.1, 0.15) is 0 Å². The second-order valence-electron chi connectivity index (χ2n) is 3.85. The van der Waals surface area contributed by atoms with Gasteiger partial charge in [0.15, 0.2) is 11.1 Å². The molecule has 0 radical (unpaired) electrons. The summed E-state index contributed by atoms with van der Waals surface area (Å²) < 4.78 is 19.7. The Morgan fingerprint density at radius 3 is 2.62 bits per heavy atom. The predicted octanol–water partition coefficient (Wildman–Crippen LogP) is 2.72. The van der Waals surface area contributed by atoms with E-state index in [9.17, 15) is 4.21 Å². The number of benzene rings is 1. The maximum Gasteiger partial charge on any atom is 0.186 e. The molecule has 2 rings (SSSR count). The topological polar surface area (TPSA) is 49.7 Å². The summed E-state index contributed by atoms with van der Waals surface area (Å²) in [5.74, 6) is 0.499. The van der Waals surface area contributed by atoms with Gasteiger partial charge in [-0.05, 0) is 30.0 Å². The molecule has 0 aliphatic carbocycles. The predicted molar refractivity (Wildman–Crippen MR) is 65.7 cm³/mol. The van der Waals surface area contributed by atoms with Gasteiger partial charge in [0.25, 0.3) is 0 Å². The van der Waals surface area contributed by atoms with Crippen molar-refractivity contribution in [3.8, 4) is 0 Å². The first-order valence-corrected chi connectivity index (χ1v) is 6.23. The summed E-state index contributed by atoms with van der Waals surface area (Å²) in [5, 5.41) is 0. The summed E-state index contributed by atoms with van der Waals surface area (Å²) in [6.07, 6.45) is 5.01. The van der Waals surface area contributed by atoms with Crippen LogP contribution in [0.5, 0.6) is 0 Å². The fourth-order valence-corrected chi connectivity index (χ4v) is 1.98. The molecule has 16 heavy (non-hydrogen) atoms. The molecule has 0 bridgehead atoms. The zero-order valence-electron chi connectivity index (χ0n) is 8.96. The van der Waals surface area contributed by atoms with Crippen LogP contribution in [0.1, 0.15) is 18.9 Å². The molecule has 1 aromatic carbocycles. The highest BCUT2D eigenvalue weighted by Gasteiger charge is 2.08. The van der Waals surface area contributed by atoms with Crippen LogP contribution in [0.3, 0.4) is 0 Å². The summed E-state index contributed by atoms with van der Waals surface area (Å²) in [4.78, 5) is 4.74. The number of hydrogen-bond acceptors (Lipinski definition) is 2. The molecule has 0 fully saturated rings. The Hall–Kier alpha value is -1.26. The summed E-state index contributed by atoms with van der Waals surface area (Å²) in [6, 6.07) is 6.96. The van der Waals surface area contributed by atoms with Crippen LogP contribution in [0.2, 0.25) is 0 Å². The minimum Gasteiger partial charge on any atom is -0.302 e. The molecular weight excluding hydrogens is 222 g/mol. The van der Waals surface area contributed by atoms with Crippen LogP contribution in [0.25, 0.3) is 5.70 Å². The minimum absolute atomic E-state index is 0.414. The molecule has 3 nitrogen and oxygen atoms in total.